The van der Waals surface area contributed by atoms with Gasteiger partial charge in [-0.05, 0) is 55.4 Å². The number of hydrogen-bond acceptors (Lipinski definition) is 3. The number of benzene rings is 2. The van der Waals surface area contributed by atoms with E-state index in [4.69, 9.17) is 4.74 Å². The molecule has 0 heterocycles. The summed E-state index contributed by atoms with van der Waals surface area (Å²) in [6, 6.07) is 14.7. The van der Waals surface area contributed by atoms with Crippen molar-refractivity contribution in [3.8, 4) is 5.75 Å². The van der Waals surface area contributed by atoms with Gasteiger partial charge < -0.3 is 15.4 Å². The van der Waals surface area contributed by atoms with Gasteiger partial charge in [-0.3, -0.25) is 9.59 Å². The first kappa shape index (κ1) is 20.9. The molecule has 0 saturated carbocycles. The van der Waals surface area contributed by atoms with Crippen LogP contribution >= 0.6 is 0 Å². The number of para-hydroxylation sites is 1. The van der Waals surface area contributed by atoms with Gasteiger partial charge in [0.1, 0.15) is 11.8 Å². The van der Waals surface area contributed by atoms with Gasteiger partial charge in [0.15, 0.2) is 0 Å². The predicted octanol–water partition coefficient (Wildman–Crippen LogP) is 4.03. The van der Waals surface area contributed by atoms with Crippen molar-refractivity contribution in [3.63, 3.8) is 0 Å². The minimum Gasteiger partial charge on any atom is -0.493 e. The first-order valence-corrected chi connectivity index (χ1v) is 10.4. The molecule has 3 rings (SSSR count). The number of carbonyl (C=O) groups excluding carboxylic acids is 2. The number of ether oxygens (including phenoxy) is 1. The van der Waals surface area contributed by atoms with E-state index < -0.39 is 6.04 Å². The lowest BCUT2D eigenvalue weighted by molar-refractivity contribution is -0.124. The second kappa shape index (κ2) is 9.59. The van der Waals surface area contributed by atoms with E-state index in [0.717, 1.165) is 19.3 Å². The fourth-order valence-electron chi connectivity index (χ4n) is 3.85. The molecule has 5 heteroatoms. The van der Waals surface area contributed by atoms with E-state index in [0.29, 0.717) is 17.9 Å². The molecule has 1 aliphatic carbocycles. The lowest BCUT2D eigenvalue weighted by atomic mass is 9.87. The Hall–Kier alpha value is -2.82. The summed E-state index contributed by atoms with van der Waals surface area (Å²) in [4.78, 5) is 26.0. The number of amides is 2. The summed E-state index contributed by atoms with van der Waals surface area (Å²) >= 11 is 0. The number of aryl methyl sites for hydroxylation is 1. The summed E-state index contributed by atoms with van der Waals surface area (Å²) in [5, 5.41) is 6.08. The topological polar surface area (TPSA) is 67.4 Å². The average molecular weight is 395 g/mol. The maximum atomic E-state index is 13.1. The zero-order valence-electron chi connectivity index (χ0n) is 17.4. The van der Waals surface area contributed by atoms with Crippen LogP contribution in [0.25, 0.3) is 0 Å². The van der Waals surface area contributed by atoms with Gasteiger partial charge >= 0.3 is 0 Å². The van der Waals surface area contributed by atoms with Gasteiger partial charge in [0, 0.05) is 0 Å². The molecule has 2 aromatic rings. The van der Waals surface area contributed by atoms with Crippen LogP contribution in [0.4, 0.5) is 0 Å². The minimum absolute atomic E-state index is 0.0127. The molecule has 0 spiro atoms. The lowest BCUT2D eigenvalue weighted by Crippen LogP contribution is -2.50. The quantitative estimate of drug-likeness (QED) is 0.745. The molecule has 154 valence electrons. The van der Waals surface area contributed by atoms with Crippen molar-refractivity contribution in [2.75, 3.05) is 6.61 Å². The van der Waals surface area contributed by atoms with Crippen molar-refractivity contribution in [1.29, 1.82) is 0 Å². The Morgan fingerprint density at radius 2 is 1.83 bits per heavy atom. The molecule has 0 unspecified atom stereocenters. The second-order valence-corrected chi connectivity index (χ2v) is 7.78. The highest BCUT2D eigenvalue weighted by atomic mass is 16.5. The number of rotatable bonds is 7. The molecular formula is C24H30N2O3. The van der Waals surface area contributed by atoms with E-state index in [2.05, 4.69) is 22.8 Å². The molecule has 0 bridgehead atoms. The predicted molar refractivity (Wildman–Crippen MR) is 114 cm³/mol. The van der Waals surface area contributed by atoms with Gasteiger partial charge in [-0.2, -0.15) is 0 Å². The van der Waals surface area contributed by atoms with E-state index >= 15 is 0 Å². The molecule has 2 N–H and O–H groups in total. The normalized spacial score (nSPS) is 16.6. The number of fused-ring (bicyclic) bond motifs is 1. The Kier molecular flexibility index (Phi) is 6.91. The van der Waals surface area contributed by atoms with E-state index in [-0.39, 0.29) is 23.8 Å². The van der Waals surface area contributed by atoms with Gasteiger partial charge in [-0.1, -0.05) is 50.2 Å². The van der Waals surface area contributed by atoms with Crippen LogP contribution < -0.4 is 15.4 Å². The summed E-state index contributed by atoms with van der Waals surface area (Å²) in [6.45, 7) is 6.22. The van der Waals surface area contributed by atoms with Crippen molar-refractivity contribution < 1.29 is 14.3 Å². The maximum absolute atomic E-state index is 13.1. The van der Waals surface area contributed by atoms with Gasteiger partial charge in [-0.25, -0.2) is 0 Å². The monoisotopic (exact) mass is 394 g/mol. The van der Waals surface area contributed by atoms with Crippen LogP contribution in [-0.2, 0) is 11.2 Å². The third-order valence-corrected chi connectivity index (χ3v) is 5.35. The standard InChI is InChI=1S/C24H30N2O3/c1-4-29-21-15-8-7-13-19(21)23(27)26-22(16(2)3)24(28)25-20-14-9-11-17-10-5-6-12-18(17)20/h5-8,10,12-13,15-16,20,22H,4,9,11,14H2,1-3H3,(H,25,28)(H,26,27)/t20-,22-/m0/s1. The molecule has 0 radical (unpaired) electrons. The van der Waals surface area contributed by atoms with Gasteiger partial charge in [-0.15, -0.1) is 0 Å². The molecule has 0 fully saturated rings. The van der Waals surface area contributed by atoms with Crippen molar-refractivity contribution in [1.82, 2.24) is 10.6 Å². The lowest BCUT2D eigenvalue weighted by Gasteiger charge is -2.29. The molecule has 2 atom stereocenters. The molecule has 1 aliphatic rings. The number of nitrogens with one attached hydrogen (secondary N) is 2. The average Bonchev–Trinajstić information content (AvgIpc) is 2.72. The van der Waals surface area contributed by atoms with E-state index in [1.165, 1.54) is 11.1 Å². The van der Waals surface area contributed by atoms with Crippen LogP contribution in [0.15, 0.2) is 48.5 Å². The Balaban J connectivity index is 1.74. The van der Waals surface area contributed by atoms with Crippen molar-refractivity contribution >= 4 is 11.8 Å². The molecule has 29 heavy (non-hydrogen) atoms. The molecule has 2 aromatic carbocycles. The van der Waals surface area contributed by atoms with Crippen LogP contribution in [0, 0.1) is 5.92 Å². The van der Waals surface area contributed by atoms with Crippen LogP contribution in [0.5, 0.6) is 5.75 Å². The highest BCUT2D eigenvalue weighted by Crippen LogP contribution is 2.29. The molecule has 0 aliphatic heterocycles. The summed E-state index contributed by atoms with van der Waals surface area (Å²) in [7, 11) is 0. The van der Waals surface area contributed by atoms with Crippen LogP contribution in [-0.4, -0.2) is 24.5 Å². The first-order valence-electron chi connectivity index (χ1n) is 10.4. The summed E-state index contributed by atoms with van der Waals surface area (Å²) in [6.07, 6.45) is 3.00. The van der Waals surface area contributed by atoms with E-state index in [1.54, 1.807) is 18.2 Å². The zero-order valence-corrected chi connectivity index (χ0v) is 17.4. The van der Waals surface area contributed by atoms with Crippen LogP contribution in [0.2, 0.25) is 0 Å². The Labute approximate surface area is 172 Å². The highest BCUT2D eigenvalue weighted by molar-refractivity contribution is 5.99. The fourth-order valence-corrected chi connectivity index (χ4v) is 3.85. The van der Waals surface area contributed by atoms with Crippen molar-refractivity contribution in [3.05, 3.63) is 65.2 Å². The van der Waals surface area contributed by atoms with Gasteiger partial charge in [0.05, 0.1) is 18.2 Å². The zero-order chi connectivity index (χ0) is 20.8. The number of carbonyl (C=O) groups is 2. The summed E-state index contributed by atoms with van der Waals surface area (Å²) in [5.74, 6) is 0.0320. The molecular weight excluding hydrogens is 364 g/mol. The Morgan fingerprint density at radius 1 is 1.10 bits per heavy atom. The Morgan fingerprint density at radius 3 is 2.59 bits per heavy atom. The highest BCUT2D eigenvalue weighted by Gasteiger charge is 2.29. The minimum atomic E-state index is -0.619. The number of hydrogen-bond donors (Lipinski definition) is 2. The molecule has 2 amide bonds. The van der Waals surface area contributed by atoms with Gasteiger partial charge in [0.25, 0.3) is 5.91 Å². The largest absolute Gasteiger partial charge is 0.493 e. The van der Waals surface area contributed by atoms with Crippen LogP contribution in [0.3, 0.4) is 0 Å². The summed E-state index contributed by atoms with van der Waals surface area (Å²) in [5.41, 5.74) is 2.92. The van der Waals surface area contributed by atoms with Crippen LogP contribution in [0.1, 0.15) is 61.1 Å². The Bertz CT molecular complexity index is 863. The fraction of sp³-hybridized carbons (Fsp3) is 0.417. The third kappa shape index (κ3) is 4.97. The molecule has 5 nitrogen and oxygen atoms in total. The molecule has 0 saturated heterocycles. The molecule has 0 aromatic heterocycles. The first-order chi connectivity index (χ1) is 14.0. The summed E-state index contributed by atoms with van der Waals surface area (Å²) < 4.78 is 5.56. The third-order valence-electron chi connectivity index (χ3n) is 5.35. The smallest absolute Gasteiger partial charge is 0.255 e. The van der Waals surface area contributed by atoms with E-state index in [9.17, 15) is 9.59 Å². The maximum Gasteiger partial charge on any atom is 0.255 e. The van der Waals surface area contributed by atoms with Crippen molar-refractivity contribution in [2.24, 2.45) is 5.92 Å². The SMILES string of the molecule is CCOc1ccccc1C(=O)N[C@H](C(=O)N[C@H]1CCCc2ccccc21)C(C)C. The van der Waals surface area contributed by atoms with Gasteiger partial charge in [0.2, 0.25) is 5.91 Å². The van der Waals surface area contributed by atoms with Crippen molar-refractivity contribution in [2.45, 2.75) is 52.1 Å². The van der Waals surface area contributed by atoms with E-state index in [1.807, 2.05) is 39.0 Å². The second-order valence-electron chi connectivity index (χ2n) is 7.78.